The van der Waals surface area contributed by atoms with E-state index in [1.807, 2.05) is 11.4 Å². The highest BCUT2D eigenvalue weighted by Crippen LogP contribution is 2.55. The van der Waals surface area contributed by atoms with E-state index in [9.17, 15) is 9.18 Å². The van der Waals surface area contributed by atoms with Crippen molar-refractivity contribution in [3.63, 3.8) is 0 Å². The van der Waals surface area contributed by atoms with Gasteiger partial charge in [-0.1, -0.05) is 12.1 Å². The first-order valence-electron chi connectivity index (χ1n) is 9.58. The van der Waals surface area contributed by atoms with Crippen molar-refractivity contribution in [3.05, 3.63) is 41.2 Å². The van der Waals surface area contributed by atoms with E-state index in [2.05, 4.69) is 10.3 Å². The fourth-order valence-corrected chi connectivity index (χ4v) is 6.73. The highest BCUT2D eigenvalue weighted by atomic mass is 32.1. The van der Waals surface area contributed by atoms with E-state index < -0.39 is 0 Å². The Labute approximate surface area is 157 Å². The van der Waals surface area contributed by atoms with E-state index in [0.717, 1.165) is 53.3 Å². The Balaban J connectivity index is 1.27. The molecule has 0 radical (unpaired) electrons. The van der Waals surface area contributed by atoms with Crippen LogP contribution in [0.15, 0.2) is 29.6 Å². The molecule has 136 valence electrons. The Hall–Kier alpha value is -1.75. The van der Waals surface area contributed by atoms with Crippen LogP contribution in [0.3, 0.4) is 0 Å². The van der Waals surface area contributed by atoms with Crippen LogP contribution in [0, 0.1) is 23.6 Å². The second kappa shape index (κ2) is 6.15. The van der Waals surface area contributed by atoms with E-state index in [1.54, 1.807) is 6.07 Å². The van der Waals surface area contributed by atoms with Crippen LogP contribution in [-0.2, 0) is 11.2 Å². The van der Waals surface area contributed by atoms with Crippen LogP contribution in [0.4, 0.5) is 4.39 Å². The molecule has 0 aliphatic heterocycles. The highest BCUT2D eigenvalue weighted by molar-refractivity contribution is 7.13. The van der Waals surface area contributed by atoms with Crippen molar-refractivity contribution in [3.8, 4) is 10.6 Å². The zero-order valence-electron chi connectivity index (χ0n) is 14.7. The SMILES string of the molecule is O=C(Cc1csc(-c2cccc(F)c2)n1)NC12CC3CC(CC(C3)C1)C2. The van der Waals surface area contributed by atoms with Gasteiger partial charge in [0.05, 0.1) is 12.1 Å². The molecule has 1 N–H and O–H groups in total. The molecule has 4 saturated carbocycles. The minimum atomic E-state index is -0.265. The van der Waals surface area contributed by atoms with Gasteiger partial charge in [-0.2, -0.15) is 0 Å². The molecule has 0 unspecified atom stereocenters. The van der Waals surface area contributed by atoms with Crippen molar-refractivity contribution in [2.75, 3.05) is 0 Å². The molecule has 4 aliphatic rings. The molecule has 1 aromatic heterocycles. The number of amides is 1. The van der Waals surface area contributed by atoms with E-state index in [1.165, 1.54) is 42.7 Å². The molecule has 4 bridgehead atoms. The van der Waals surface area contributed by atoms with Gasteiger partial charge >= 0.3 is 0 Å². The lowest BCUT2D eigenvalue weighted by Gasteiger charge is -2.56. The average Bonchev–Trinajstić information content (AvgIpc) is 3.01. The predicted molar refractivity (Wildman–Crippen MR) is 100 cm³/mol. The van der Waals surface area contributed by atoms with Crippen molar-refractivity contribution >= 4 is 17.2 Å². The van der Waals surface area contributed by atoms with Crippen molar-refractivity contribution in [2.45, 2.75) is 50.5 Å². The van der Waals surface area contributed by atoms with Gasteiger partial charge in [0.25, 0.3) is 0 Å². The van der Waals surface area contributed by atoms with Gasteiger partial charge in [0, 0.05) is 16.5 Å². The normalized spacial score (nSPS) is 32.0. The zero-order chi connectivity index (χ0) is 17.7. The van der Waals surface area contributed by atoms with Crippen molar-refractivity contribution in [1.82, 2.24) is 10.3 Å². The number of carbonyl (C=O) groups excluding carboxylic acids is 1. The Morgan fingerprint density at radius 2 is 1.88 bits per heavy atom. The topological polar surface area (TPSA) is 42.0 Å². The number of hydrogen-bond donors (Lipinski definition) is 1. The van der Waals surface area contributed by atoms with Crippen LogP contribution < -0.4 is 5.32 Å². The summed E-state index contributed by atoms with van der Waals surface area (Å²) in [6.45, 7) is 0. The number of aromatic nitrogens is 1. The molecule has 1 amide bonds. The smallest absolute Gasteiger partial charge is 0.226 e. The molecular formula is C21H23FN2OS. The molecule has 1 heterocycles. The Bertz CT molecular complexity index is 811. The number of carbonyl (C=O) groups is 1. The summed E-state index contributed by atoms with van der Waals surface area (Å²) in [7, 11) is 0. The second-order valence-electron chi connectivity index (χ2n) is 8.58. The standard InChI is InChI=1S/C21H23FN2OS/c22-17-3-1-2-16(7-17)20-23-18(12-26-20)8-19(25)24-21-9-13-4-14(10-21)6-15(5-13)11-21/h1-3,7,12-15H,4-6,8-11H2,(H,24,25). The molecule has 0 spiro atoms. The number of nitrogens with zero attached hydrogens (tertiary/aromatic N) is 1. The van der Waals surface area contributed by atoms with Gasteiger partial charge < -0.3 is 5.32 Å². The summed E-state index contributed by atoms with van der Waals surface area (Å²) in [6.07, 6.45) is 7.92. The maximum Gasteiger partial charge on any atom is 0.226 e. The molecule has 4 fully saturated rings. The monoisotopic (exact) mass is 370 g/mol. The van der Waals surface area contributed by atoms with Crippen LogP contribution >= 0.6 is 11.3 Å². The summed E-state index contributed by atoms with van der Waals surface area (Å²) in [5.74, 6) is 2.28. The molecule has 5 heteroatoms. The van der Waals surface area contributed by atoms with Crippen LogP contribution in [0.2, 0.25) is 0 Å². The van der Waals surface area contributed by atoms with E-state index in [0.29, 0.717) is 6.42 Å². The number of thiazole rings is 1. The van der Waals surface area contributed by atoms with Crippen LogP contribution in [0.25, 0.3) is 10.6 Å². The fourth-order valence-electron chi connectivity index (χ4n) is 5.91. The Morgan fingerprint density at radius 3 is 2.54 bits per heavy atom. The van der Waals surface area contributed by atoms with Gasteiger partial charge in [-0.15, -0.1) is 11.3 Å². The third-order valence-electron chi connectivity index (χ3n) is 6.41. The van der Waals surface area contributed by atoms with E-state index in [-0.39, 0.29) is 17.3 Å². The van der Waals surface area contributed by atoms with E-state index >= 15 is 0 Å². The molecule has 0 saturated heterocycles. The van der Waals surface area contributed by atoms with Gasteiger partial charge in [0.2, 0.25) is 5.91 Å². The van der Waals surface area contributed by atoms with Gasteiger partial charge in [-0.25, -0.2) is 9.37 Å². The van der Waals surface area contributed by atoms with Gasteiger partial charge in [0.15, 0.2) is 0 Å². The van der Waals surface area contributed by atoms with Crippen LogP contribution in [-0.4, -0.2) is 16.4 Å². The molecule has 3 nitrogen and oxygen atoms in total. The molecule has 0 atom stereocenters. The zero-order valence-corrected chi connectivity index (χ0v) is 15.5. The quantitative estimate of drug-likeness (QED) is 0.856. The van der Waals surface area contributed by atoms with Crippen molar-refractivity contribution < 1.29 is 9.18 Å². The minimum Gasteiger partial charge on any atom is -0.350 e. The number of hydrogen-bond acceptors (Lipinski definition) is 3. The Kier molecular flexibility index (Phi) is 3.89. The Morgan fingerprint density at radius 1 is 1.19 bits per heavy atom. The third-order valence-corrected chi connectivity index (χ3v) is 7.35. The maximum absolute atomic E-state index is 13.4. The lowest BCUT2D eigenvalue weighted by atomic mass is 9.53. The van der Waals surface area contributed by atoms with Crippen molar-refractivity contribution in [1.29, 1.82) is 0 Å². The first-order chi connectivity index (χ1) is 12.6. The largest absolute Gasteiger partial charge is 0.350 e. The molecule has 26 heavy (non-hydrogen) atoms. The second-order valence-corrected chi connectivity index (χ2v) is 9.44. The first kappa shape index (κ1) is 16.4. The van der Waals surface area contributed by atoms with E-state index in [4.69, 9.17) is 0 Å². The lowest BCUT2D eigenvalue weighted by molar-refractivity contribution is -0.126. The molecule has 1 aromatic carbocycles. The molecule has 2 aromatic rings. The minimum absolute atomic E-state index is 0.0489. The third kappa shape index (κ3) is 3.07. The summed E-state index contributed by atoms with van der Waals surface area (Å²) in [5, 5.41) is 6.08. The number of nitrogens with one attached hydrogen (secondary N) is 1. The summed E-state index contributed by atoms with van der Waals surface area (Å²) < 4.78 is 13.4. The highest BCUT2D eigenvalue weighted by Gasteiger charge is 2.51. The van der Waals surface area contributed by atoms with Crippen LogP contribution in [0.1, 0.15) is 44.2 Å². The number of halogens is 1. The van der Waals surface area contributed by atoms with Crippen LogP contribution in [0.5, 0.6) is 0 Å². The fraction of sp³-hybridized carbons (Fsp3) is 0.524. The summed E-state index contributed by atoms with van der Waals surface area (Å²) >= 11 is 1.47. The molecular weight excluding hydrogens is 347 g/mol. The van der Waals surface area contributed by atoms with Gasteiger partial charge in [-0.3, -0.25) is 4.79 Å². The lowest BCUT2D eigenvalue weighted by Crippen LogP contribution is -2.60. The van der Waals surface area contributed by atoms with Gasteiger partial charge in [-0.05, 0) is 68.4 Å². The molecule has 6 rings (SSSR count). The first-order valence-corrected chi connectivity index (χ1v) is 10.5. The predicted octanol–water partition coefficient (Wildman–Crippen LogP) is 4.58. The molecule has 4 aliphatic carbocycles. The number of rotatable bonds is 4. The summed E-state index contributed by atoms with van der Waals surface area (Å²) in [6, 6.07) is 6.45. The van der Waals surface area contributed by atoms with Crippen molar-refractivity contribution in [2.24, 2.45) is 17.8 Å². The average molecular weight is 370 g/mol. The van der Waals surface area contributed by atoms with Gasteiger partial charge in [0.1, 0.15) is 10.8 Å². The maximum atomic E-state index is 13.4. The summed E-state index contributed by atoms with van der Waals surface area (Å²) in [5.41, 5.74) is 1.59. The number of benzene rings is 1. The summed E-state index contributed by atoms with van der Waals surface area (Å²) in [4.78, 5) is 17.2.